The Morgan fingerprint density at radius 3 is 2.85 bits per heavy atom. The summed E-state index contributed by atoms with van der Waals surface area (Å²) in [5.74, 6) is 1.99. The molecule has 1 heterocycles. The molecule has 2 N–H and O–H groups in total. The first-order valence-electron chi connectivity index (χ1n) is 6.00. The summed E-state index contributed by atoms with van der Waals surface area (Å²) in [4.78, 5) is 11.9. The predicted octanol–water partition coefficient (Wildman–Crippen LogP) is 1.78. The molecule has 1 aromatic heterocycles. The standard InChI is InChI=1S/C14H13N3O2S/c1-2-3-9-11-16-17-14(20-11)15-13(19)12(18)10-7-5-4-6-8-10/h1,4-8,12,18H,3,9H2,(H,15,17,19). The number of aromatic nitrogens is 2. The van der Waals surface area contributed by atoms with Gasteiger partial charge in [-0.05, 0) is 5.56 Å². The zero-order valence-electron chi connectivity index (χ0n) is 10.6. The molecule has 0 aliphatic rings. The normalized spacial score (nSPS) is 11.6. The molecular formula is C14H13N3O2S. The van der Waals surface area contributed by atoms with E-state index >= 15 is 0 Å². The van der Waals surface area contributed by atoms with Gasteiger partial charge in [-0.1, -0.05) is 41.7 Å². The quantitative estimate of drug-likeness (QED) is 0.822. The minimum absolute atomic E-state index is 0.358. The Morgan fingerprint density at radius 2 is 2.15 bits per heavy atom. The third-order valence-corrected chi connectivity index (χ3v) is 3.44. The highest BCUT2D eigenvalue weighted by atomic mass is 32.1. The number of anilines is 1. The molecule has 0 saturated heterocycles. The summed E-state index contributed by atoms with van der Waals surface area (Å²) in [5.41, 5.74) is 0.530. The van der Waals surface area contributed by atoms with E-state index in [2.05, 4.69) is 21.4 Å². The van der Waals surface area contributed by atoms with Crippen molar-refractivity contribution in [2.24, 2.45) is 0 Å². The molecule has 0 saturated carbocycles. The van der Waals surface area contributed by atoms with Gasteiger partial charge in [-0.2, -0.15) is 0 Å². The molecule has 5 nitrogen and oxygen atoms in total. The van der Waals surface area contributed by atoms with E-state index in [-0.39, 0.29) is 0 Å². The number of aryl methyl sites for hydroxylation is 1. The number of rotatable bonds is 5. The van der Waals surface area contributed by atoms with Crippen LogP contribution in [0.15, 0.2) is 30.3 Å². The lowest BCUT2D eigenvalue weighted by Gasteiger charge is -2.09. The molecular weight excluding hydrogens is 274 g/mol. The van der Waals surface area contributed by atoms with Crippen molar-refractivity contribution in [3.8, 4) is 12.3 Å². The van der Waals surface area contributed by atoms with Crippen LogP contribution in [-0.4, -0.2) is 21.2 Å². The lowest BCUT2D eigenvalue weighted by molar-refractivity contribution is -0.124. The molecule has 20 heavy (non-hydrogen) atoms. The molecule has 102 valence electrons. The summed E-state index contributed by atoms with van der Waals surface area (Å²) in [5, 5.41) is 21.3. The van der Waals surface area contributed by atoms with Crippen LogP contribution in [0.1, 0.15) is 23.1 Å². The van der Waals surface area contributed by atoms with Gasteiger partial charge in [0.05, 0.1) is 0 Å². The largest absolute Gasteiger partial charge is 0.378 e. The van der Waals surface area contributed by atoms with Gasteiger partial charge in [0.25, 0.3) is 5.91 Å². The van der Waals surface area contributed by atoms with Crippen molar-refractivity contribution in [2.45, 2.75) is 18.9 Å². The first-order valence-corrected chi connectivity index (χ1v) is 6.82. The van der Waals surface area contributed by atoms with E-state index in [0.717, 1.165) is 5.01 Å². The SMILES string of the molecule is C#CCCc1nnc(NC(=O)C(O)c2ccccc2)s1. The van der Waals surface area contributed by atoms with E-state index in [1.165, 1.54) is 11.3 Å². The number of carbonyl (C=O) groups is 1. The molecule has 2 aromatic rings. The van der Waals surface area contributed by atoms with Crippen molar-refractivity contribution >= 4 is 22.4 Å². The number of hydrogen-bond donors (Lipinski definition) is 2. The Balaban J connectivity index is 1.98. The van der Waals surface area contributed by atoms with Gasteiger partial charge in [-0.3, -0.25) is 10.1 Å². The van der Waals surface area contributed by atoms with Crippen LogP contribution in [0.25, 0.3) is 0 Å². The summed E-state index contributed by atoms with van der Waals surface area (Å²) >= 11 is 1.25. The maximum atomic E-state index is 11.9. The molecule has 0 radical (unpaired) electrons. The lowest BCUT2D eigenvalue weighted by Crippen LogP contribution is -2.20. The topological polar surface area (TPSA) is 75.1 Å². The minimum atomic E-state index is -1.23. The Morgan fingerprint density at radius 1 is 1.40 bits per heavy atom. The van der Waals surface area contributed by atoms with Crippen LogP contribution >= 0.6 is 11.3 Å². The predicted molar refractivity (Wildman–Crippen MR) is 77.1 cm³/mol. The van der Waals surface area contributed by atoms with Crippen LogP contribution < -0.4 is 5.32 Å². The second-order valence-corrected chi connectivity index (χ2v) is 5.07. The Labute approximate surface area is 120 Å². The molecule has 0 fully saturated rings. The zero-order valence-corrected chi connectivity index (χ0v) is 11.4. The maximum absolute atomic E-state index is 11.9. The minimum Gasteiger partial charge on any atom is -0.378 e. The van der Waals surface area contributed by atoms with Crippen molar-refractivity contribution in [3.63, 3.8) is 0 Å². The number of hydrogen-bond acceptors (Lipinski definition) is 5. The van der Waals surface area contributed by atoms with Gasteiger partial charge < -0.3 is 5.11 Å². The van der Waals surface area contributed by atoms with Crippen LogP contribution in [0.2, 0.25) is 0 Å². The average molecular weight is 287 g/mol. The molecule has 2 rings (SSSR count). The first-order chi connectivity index (χ1) is 9.70. The maximum Gasteiger partial charge on any atom is 0.259 e. The number of nitrogens with zero attached hydrogens (tertiary/aromatic N) is 2. The van der Waals surface area contributed by atoms with Crippen molar-refractivity contribution < 1.29 is 9.90 Å². The number of aliphatic hydroxyl groups excluding tert-OH is 1. The van der Waals surface area contributed by atoms with Gasteiger partial charge in [-0.25, -0.2) is 0 Å². The lowest BCUT2D eigenvalue weighted by atomic mass is 10.1. The zero-order chi connectivity index (χ0) is 14.4. The fraction of sp³-hybridized carbons (Fsp3) is 0.214. The van der Waals surface area contributed by atoms with E-state index in [9.17, 15) is 9.90 Å². The molecule has 0 aliphatic heterocycles. The van der Waals surface area contributed by atoms with Gasteiger partial charge in [0.15, 0.2) is 6.10 Å². The summed E-state index contributed by atoms with van der Waals surface area (Å²) in [7, 11) is 0. The fourth-order valence-corrected chi connectivity index (χ4v) is 2.29. The van der Waals surface area contributed by atoms with E-state index in [1.807, 2.05) is 6.07 Å². The van der Waals surface area contributed by atoms with Crippen LogP contribution in [0.3, 0.4) is 0 Å². The van der Waals surface area contributed by atoms with Gasteiger partial charge in [0.2, 0.25) is 5.13 Å². The number of aliphatic hydroxyl groups is 1. The second-order valence-electron chi connectivity index (χ2n) is 4.01. The third kappa shape index (κ3) is 3.63. The molecule has 0 bridgehead atoms. The van der Waals surface area contributed by atoms with E-state index < -0.39 is 12.0 Å². The van der Waals surface area contributed by atoms with Crippen molar-refractivity contribution in [1.82, 2.24) is 10.2 Å². The third-order valence-electron chi connectivity index (χ3n) is 2.54. The molecule has 1 aromatic carbocycles. The summed E-state index contributed by atoms with van der Waals surface area (Å²) in [6, 6.07) is 8.70. The van der Waals surface area contributed by atoms with Crippen LogP contribution in [-0.2, 0) is 11.2 Å². The van der Waals surface area contributed by atoms with Crippen molar-refractivity contribution in [2.75, 3.05) is 5.32 Å². The summed E-state index contributed by atoms with van der Waals surface area (Å²) in [6.07, 6.45) is 5.15. The molecule has 1 atom stereocenters. The van der Waals surface area contributed by atoms with Crippen molar-refractivity contribution in [1.29, 1.82) is 0 Å². The second kappa shape index (κ2) is 6.80. The fourth-order valence-electron chi connectivity index (χ4n) is 1.54. The number of carbonyl (C=O) groups excluding carboxylic acids is 1. The van der Waals surface area contributed by atoms with Crippen LogP contribution in [0.4, 0.5) is 5.13 Å². The highest BCUT2D eigenvalue weighted by Crippen LogP contribution is 2.19. The number of nitrogens with one attached hydrogen (secondary N) is 1. The van der Waals surface area contributed by atoms with Gasteiger partial charge in [0.1, 0.15) is 5.01 Å². The smallest absolute Gasteiger partial charge is 0.259 e. The van der Waals surface area contributed by atoms with E-state index in [4.69, 9.17) is 6.42 Å². The Bertz CT molecular complexity index is 619. The van der Waals surface area contributed by atoms with E-state index in [1.54, 1.807) is 24.3 Å². The molecule has 0 spiro atoms. The molecule has 1 amide bonds. The molecule has 1 unspecified atom stereocenters. The van der Waals surface area contributed by atoms with Gasteiger partial charge in [-0.15, -0.1) is 22.5 Å². The van der Waals surface area contributed by atoms with Gasteiger partial charge >= 0.3 is 0 Å². The number of amides is 1. The number of terminal acetylenes is 1. The number of benzene rings is 1. The highest BCUT2D eigenvalue weighted by Gasteiger charge is 2.18. The first kappa shape index (κ1) is 14.2. The highest BCUT2D eigenvalue weighted by molar-refractivity contribution is 7.15. The molecule has 0 aliphatic carbocycles. The summed E-state index contributed by atoms with van der Waals surface area (Å²) in [6.45, 7) is 0. The summed E-state index contributed by atoms with van der Waals surface area (Å²) < 4.78 is 0. The molecule has 6 heteroatoms. The monoisotopic (exact) mass is 287 g/mol. The van der Waals surface area contributed by atoms with Crippen molar-refractivity contribution in [3.05, 3.63) is 40.9 Å². The van der Waals surface area contributed by atoms with Crippen LogP contribution in [0.5, 0.6) is 0 Å². The Hall–Kier alpha value is -2.23. The average Bonchev–Trinajstić information content (AvgIpc) is 2.92. The van der Waals surface area contributed by atoms with E-state index in [0.29, 0.717) is 23.5 Å². The Kier molecular flexibility index (Phi) is 4.82. The van der Waals surface area contributed by atoms with Gasteiger partial charge in [0, 0.05) is 12.8 Å². The van der Waals surface area contributed by atoms with Crippen LogP contribution in [0, 0.1) is 12.3 Å².